The molecule has 23 heavy (non-hydrogen) atoms. The highest BCUT2D eigenvalue weighted by Gasteiger charge is 2.22. The summed E-state index contributed by atoms with van der Waals surface area (Å²) in [4.78, 5) is 19.8. The number of oxazole rings is 1. The molecular weight excluding hydrogens is 316 g/mol. The molecule has 2 N–H and O–H groups in total. The number of nitrogens with two attached hydrogens (primary N) is 1. The van der Waals surface area contributed by atoms with Gasteiger partial charge in [-0.05, 0) is 24.6 Å². The first kappa shape index (κ1) is 15.3. The summed E-state index contributed by atoms with van der Waals surface area (Å²) >= 11 is 5.92. The molecule has 3 aromatic rings. The fraction of sp³-hybridized carbons (Fsp3) is 0.188. The Labute approximate surface area is 137 Å². The van der Waals surface area contributed by atoms with E-state index in [1.165, 1.54) is 0 Å². The van der Waals surface area contributed by atoms with Gasteiger partial charge in [0.2, 0.25) is 5.91 Å². The molecule has 0 saturated heterocycles. The zero-order valence-electron chi connectivity index (χ0n) is 12.4. The van der Waals surface area contributed by atoms with Crippen molar-refractivity contribution in [2.24, 2.45) is 5.73 Å². The van der Waals surface area contributed by atoms with Crippen molar-refractivity contribution < 1.29 is 9.21 Å². The molecule has 118 valence electrons. The first-order valence-electron chi connectivity index (χ1n) is 7.04. The molecule has 1 aromatic carbocycles. The molecule has 2 heterocycles. The lowest BCUT2D eigenvalue weighted by atomic mass is 9.93. The minimum Gasteiger partial charge on any atom is -0.427 e. The maximum absolute atomic E-state index is 11.4. The topological polar surface area (TPSA) is 86.9 Å². The van der Waals surface area contributed by atoms with Gasteiger partial charge in [0.15, 0.2) is 0 Å². The van der Waals surface area contributed by atoms with Gasteiger partial charge < -0.3 is 10.2 Å². The second-order valence-corrected chi connectivity index (χ2v) is 5.60. The van der Waals surface area contributed by atoms with E-state index >= 15 is 0 Å². The van der Waals surface area contributed by atoms with Crippen molar-refractivity contribution in [3.8, 4) is 6.01 Å². The Bertz CT molecular complexity index is 823. The molecule has 3 rings (SSSR count). The number of aromatic nitrogens is 3. The van der Waals surface area contributed by atoms with Crippen LogP contribution in [0.5, 0.6) is 0 Å². The second-order valence-electron chi connectivity index (χ2n) is 5.16. The Balaban J connectivity index is 1.97. The normalized spacial score (nSPS) is 12.3. The maximum Gasteiger partial charge on any atom is 0.307 e. The van der Waals surface area contributed by atoms with Crippen LogP contribution in [0.2, 0.25) is 5.02 Å². The van der Waals surface area contributed by atoms with Crippen LogP contribution >= 0.6 is 11.6 Å². The van der Waals surface area contributed by atoms with Gasteiger partial charge >= 0.3 is 6.01 Å². The summed E-state index contributed by atoms with van der Waals surface area (Å²) in [6.45, 7) is 1.85. The molecule has 0 spiro atoms. The predicted octanol–water partition coefficient (Wildman–Crippen LogP) is 2.83. The number of carbonyl (C=O) groups excluding carboxylic acids is 1. The second kappa shape index (κ2) is 6.26. The van der Waals surface area contributed by atoms with Crippen molar-refractivity contribution in [1.29, 1.82) is 0 Å². The lowest BCUT2D eigenvalue weighted by Gasteiger charge is -2.13. The van der Waals surface area contributed by atoms with Crippen LogP contribution in [0.3, 0.4) is 0 Å². The first-order valence-corrected chi connectivity index (χ1v) is 7.42. The van der Waals surface area contributed by atoms with E-state index in [-0.39, 0.29) is 12.3 Å². The molecule has 0 saturated carbocycles. The Hall–Kier alpha value is -2.60. The molecule has 0 fully saturated rings. The van der Waals surface area contributed by atoms with Crippen molar-refractivity contribution in [3.05, 3.63) is 65.0 Å². The summed E-state index contributed by atoms with van der Waals surface area (Å²) in [5, 5.41) is 0.624. The molecule has 1 atom stereocenters. The number of amides is 1. The standard InChI is InChI=1S/C16H15ClN4O2/c1-10-19-6-7-21(10)16-20-9-14(23-16)13(8-15(18)22)11-2-4-12(17)5-3-11/h2-7,9,13H,8H2,1H3,(H2,18,22). The molecule has 0 aliphatic heterocycles. The first-order chi connectivity index (χ1) is 11.0. The smallest absolute Gasteiger partial charge is 0.307 e. The number of aryl methyl sites for hydroxylation is 1. The Morgan fingerprint density at radius 1 is 1.35 bits per heavy atom. The molecule has 0 aliphatic carbocycles. The van der Waals surface area contributed by atoms with Crippen molar-refractivity contribution in [2.75, 3.05) is 0 Å². The number of rotatable bonds is 5. The van der Waals surface area contributed by atoms with Crippen LogP contribution in [0.25, 0.3) is 6.01 Å². The minimum absolute atomic E-state index is 0.124. The average molecular weight is 331 g/mol. The number of imidazole rings is 1. The summed E-state index contributed by atoms with van der Waals surface area (Å²) in [5.74, 6) is 0.599. The highest BCUT2D eigenvalue weighted by Crippen LogP contribution is 2.30. The van der Waals surface area contributed by atoms with E-state index in [0.717, 1.165) is 11.4 Å². The molecule has 1 unspecified atom stereocenters. The van der Waals surface area contributed by atoms with Gasteiger partial charge in [-0.3, -0.25) is 9.36 Å². The van der Waals surface area contributed by atoms with E-state index in [0.29, 0.717) is 16.8 Å². The highest BCUT2D eigenvalue weighted by atomic mass is 35.5. The molecule has 0 aliphatic rings. The fourth-order valence-corrected chi connectivity index (χ4v) is 2.53. The maximum atomic E-state index is 11.4. The van der Waals surface area contributed by atoms with Crippen LogP contribution in [0.1, 0.15) is 29.5 Å². The molecule has 6 nitrogen and oxygen atoms in total. The van der Waals surface area contributed by atoms with Crippen molar-refractivity contribution in [3.63, 3.8) is 0 Å². The Morgan fingerprint density at radius 2 is 2.09 bits per heavy atom. The lowest BCUT2D eigenvalue weighted by Crippen LogP contribution is -2.15. The summed E-state index contributed by atoms with van der Waals surface area (Å²) in [7, 11) is 0. The number of nitrogens with zero attached hydrogens (tertiary/aromatic N) is 3. The van der Waals surface area contributed by atoms with Gasteiger partial charge in [-0.15, -0.1) is 0 Å². The number of halogens is 1. The van der Waals surface area contributed by atoms with Crippen LogP contribution in [-0.2, 0) is 4.79 Å². The van der Waals surface area contributed by atoms with Crippen LogP contribution in [-0.4, -0.2) is 20.4 Å². The van der Waals surface area contributed by atoms with E-state index in [1.54, 1.807) is 35.3 Å². The van der Waals surface area contributed by atoms with Crippen molar-refractivity contribution >= 4 is 17.5 Å². The number of hydrogen-bond acceptors (Lipinski definition) is 4. The van der Waals surface area contributed by atoms with E-state index in [9.17, 15) is 4.79 Å². The third-order valence-corrected chi connectivity index (χ3v) is 3.82. The van der Waals surface area contributed by atoms with Gasteiger partial charge in [-0.2, -0.15) is 0 Å². The summed E-state index contributed by atoms with van der Waals surface area (Å²) in [6, 6.07) is 7.63. The van der Waals surface area contributed by atoms with E-state index in [2.05, 4.69) is 9.97 Å². The third-order valence-electron chi connectivity index (χ3n) is 3.56. The molecule has 1 amide bonds. The minimum atomic E-state index is -0.415. The Kier molecular flexibility index (Phi) is 4.16. The average Bonchev–Trinajstić information content (AvgIpc) is 3.14. The number of benzene rings is 1. The molecule has 0 radical (unpaired) electrons. The SMILES string of the molecule is Cc1nccn1-c1ncc(C(CC(N)=O)c2ccc(Cl)cc2)o1. The molecule has 2 aromatic heterocycles. The monoisotopic (exact) mass is 330 g/mol. The van der Waals surface area contributed by atoms with Crippen LogP contribution in [0.15, 0.2) is 47.3 Å². The molecule has 0 bridgehead atoms. The lowest BCUT2D eigenvalue weighted by molar-refractivity contribution is -0.118. The number of primary amides is 1. The van der Waals surface area contributed by atoms with Gasteiger partial charge in [0.05, 0.1) is 12.1 Å². The van der Waals surface area contributed by atoms with Gasteiger partial charge in [-0.1, -0.05) is 23.7 Å². The van der Waals surface area contributed by atoms with Gasteiger partial charge in [0.1, 0.15) is 11.6 Å². The van der Waals surface area contributed by atoms with E-state index in [1.807, 2.05) is 19.1 Å². The number of carbonyl (C=O) groups is 1. The third kappa shape index (κ3) is 3.27. The molecule has 7 heteroatoms. The molecular formula is C16H15ClN4O2. The Morgan fingerprint density at radius 3 is 2.70 bits per heavy atom. The van der Waals surface area contributed by atoms with Gasteiger partial charge in [0.25, 0.3) is 0 Å². The summed E-state index contributed by atoms with van der Waals surface area (Å²) in [5.41, 5.74) is 6.27. The quantitative estimate of drug-likeness (QED) is 0.779. The van der Waals surface area contributed by atoms with Gasteiger partial charge in [0, 0.05) is 23.8 Å². The van der Waals surface area contributed by atoms with Gasteiger partial charge in [-0.25, -0.2) is 9.97 Å². The van der Waals surface area contributed by atoms with Crippen molar-refractivity contribution in [2.45, 2.75) is 19.3 Å². The largest absolute Gasteiger partial charge is 0.427 e. The van der Waals surface area contributed by atoms with E-state index in [4.69, 9.17) is 21.8 Å². The number of hydrogen-bond donors (Lipinski definition) is 1. The summed E-state index contributed by atoms with van der Waals surface area (Å²) in [6.07, 6.45) is 5.16. The fourth-order valence-electron chi connectivity index (χ4n) is 2.41. The highest BCUT2D eigenvalue weighted by molar-refractivity contribution is 6.30. The van der Waals surface area contributed by atoms with Crippen LogP contribution < -0.4 is 5.73 Å². The summed E-state index contributed by atoms with van der Waals surface area (Å²) < 4.78 is 7.56. The van der Waals surface area contributed by atoms with Crippen molar-refractivity contribution in [1.82, 2.24) is 14.5 Å². The van der Waals surface area contributed by atoms with E-state index < -0.39 is 5.91 Å². The predicted molar refractivity (Wildman–Crippen MR) is 85.5 cm³/mol. The zero-order chi connectivity index (χ0) is 16.4. The van der Waals surface area contributed by atoms with Crippen LogP contribution in [0, 0.1) is 6.92 Å². The van der Waals surface area contributed by atoms with Crippen LogP contribution in [0.4, 0.5) is 0 Å². The zero-order valence-corrected chi connectivity index (χ0v) is 13.2.